The van der Waals surface area contributed by atoms with Crippen molar-refractivity contribution >= 4 is 35.5 Å². The molecule has 0 spiro atoms. The Hall–Kier alpha value is -2.61. The maximum atomic E-state index is 11.7. The molecule has 1 aliphatic rings. The van der Waals surface area contributed by atoms with Crippen LogP contribution in [0, 0.1) is 0 Å². The van der Waals surface area contributed by atoms with Crippen molar-refractivity contribution in [3.8, 4) is 11.5 Å². The molecule has 0 aliphatic carbocycles. The molecule has 8 heteroatoms. The van der Waals surface area contributed by atoms with E-state index in [1.165, 1.54) is 7.11 Å². The molecular formula is C16H18N2O5S. The van der Waals surface area contributed by atoms with E-state index in [0.717, 1.165) is 0 Å². The van der Waals surface area contributed by atoms with Crippen molar-refractivity contribution in [1.82, 2.24) is 10.6 Å². The highest BCUT2D eigenvalue weighted by Crippen LogP contribution is 2.29. The zero-order chi connectivity index (χ0) is 17.9. The number of nitrogens with one attached hydrogen (secondary N) is 2. The number of ether oxygens (including phenoxy) is 3. The van der Waals surface area contributed by atoms with Crippen LogP contribution in [-0.4, -0.2) is 29.9 Å². The highest BCUT2D eigenvalue weighted by atomic mass is 32.1. The summed E-state index contributed by atoms with van der Waals surface area (Å²) in [6.07, 6.45) is 0.781. The van der Waals surface area contributed by atoms with Crippen LogP contribution in [0.2, 0.25) is 0 Å². The Labute approximate surface area is 145 Å². The fourth-order valence-corrected chi connectivity index (χ4v) is 2.07. The van der Waals surface area contributed by atoms with E-state index in [4.69, 9.17) is 26.4 Å². The van der Waals surface area contributed by atoms with Crippen molar-refractivity contribution in [3.63, 3.8) is 0 Å². The van der Waals surface area contributed by atoms with Gasteiger partial charge in [0.05, 0.1) is 7.11 Å². The molecule has 2 rings (SSSR count). The first-order chi connectivity index (χ1) is 11.2. The van der Waals surface area contributed by atoms with Gasteiger partial charge in [-0.3, -0.25) is 10.1 Å². The van der Waals surface area contributed by atoms with Crippen LogP contribution in [0.4, 0.5) is 4.79 Å². The molecule has 128 valence electrons. The van der Waals surface area contributed by atoms with E-state index in [9.17, 15) is 9.59 Å². The smallest absolute Gasteiger partial charge is 0.493 e. The number of carbonyl (C=O) groups is 2. The Balaban J connectivity index is 2.19. The quantitative estimate of drug-likeness (QED) is 0.374. The van der Waals surface area contributed by atoms with Gasteiger partial charge in [0.15, 0.2) is 16.6 Å². The molecule has 0 atom stereocenters. The lowest BCUT2D eigenvalue weighted by Crippen LogP contribution is -2.26. The highest BCUT2D eigenvalue weighted by Gasteiger charge is 2.21. The van der Waals surface area contributed by atoms with Crippen molar-refractivity contribution in [1.29, 1.82) is 0 Å². The molecular weight excluding hydrogens is 332 g/mol. The molecule has 1 saturated heterocycles. The fourth-order valence-electron chi connectivity index (χ4n) is 1.87. The molecule has 1 aromatic carbocycles. The lowest BCUT2D eigenvalue weighted by molar-refractivity contribution is -0.115. The Kier molecular flexibility index (Phi) is 5.08. The van der Waals surface area contributed by atoms with E-state index >= 15 is 0 Å². The molecule has 1 fully saturated rings. The van der Waals surface area contributed by atoms with Gasteiger partial charge in [-0.05, 0) is 56.8 Å². The second kappa shape index (κ2) is 6.88. The van der Waals surface area contributed by atoms with Gasteiger partial charge in [0, 0.05) is 0 Å². The van der Waals surface area contributed by atoms with Crippen LogP contribution < -0.4 is 20.1 Å². The molecule has 0 saturated carbocycles. The monoisotopic (exact) mass is 350 g/mol. The van der Waals surface area contributed by atoms with Crippen molar-refractivity contribution < 1.29 is 23.8 Å². The van der Waals surface area contributed by atoms with Crippen molar-refractivity contribution in [2.24, 2.45) is 0 Å². The van der Waals surface area contributed by atoms with Gasteiger partial charge in [-0.1, -0.05) is 6.07 Å². The first kappa shape index (κ1) is 17.7. The Morgan fingerprint density at radius 2 is 1.92 bits per heavy atom. The third-order valence-electron chi connectivity index (χ3n) is 2.80. The minimum absolute atomic E-state index is 0.216. The summed E-state index contributed by atoms with van der Waals surface area (Å²) in [4.78, 5) is 23.4. The SMILES string of the molecule is COc1cc(/C=C2\NC(=S)NC2=O)ccc1OC(=O)OC(C)(C)C. The first-order valence-corrected chi connectivity index (χ1v) is 7.51. The topological polar surface area (TPSA) is 85.9 Å². The first-order valence-electron chi connectivity index (χ1n) is 7.11. The molecule has 24 heavy (non-hydrogen) atoms. The third-order valence-corrected chi connectivity index (χ3v) is 3.01. The lowest BCUT2D eigenvalue weighted by atomic mass is 10.1. The molecule has 1 heterocycles. The number of benzene rings is 1. The summed E-state index contributed by atoms with van der Waals surface area (Å²) < 4.78 is 15.5. The van der Waals surface area contributed by atoms with E-state index in [2.05, 4.69) is 10.6 Å². The summed E-state index contributed by atoms with van der Waals surface area (Å²) in [6.45, 7) is 5.22. The van der Waals surface area contributed by atoms with Crippen LogP contribution in [0.15, 0.2) is 23.9 Å². The number of thiocarbonyl (C=S) groups is 1. The summed E-state index contributed by atoms with van der Waals surface area (Å²) >= 11 is 4.87. The molecule has 1 amide bonds. The second-order valence-corrected chi connectivity index (χ2v) is 6.35. The van der Waals surface area contributed by atoms with Gasteiger partial charge in [0.2, 0.25) is 0 Å². The van der Waals surface area contributed by atoms with E-state index in [0.29, 0.717) is 17.0 Å². The fraction of sp³-hybridized carbons (Fsp3) is 0.312. The molecule has 1 aliphatic heterocycles. The van der Waals surface area contributed by atoms with Gasteiger partial charge in [-0.2, -0.15) is 0 Å². The van der Waals surface area contributed by atoms with E-state index < -0.39 is 11.8 Å². The van der Waals surface area contributed by atoms with E-state index in [-0.39, 0.29) is 16.8 Å². The lowest BCUT2D eigenvalue weighted by Gasteiger charge is -2.19. The predicted molar refractivity (Wildman–Crippen MR) is 91.7 cm³/mol. The molecule has 1 aromatic rings. The summed E-state index contributed by atoms with van der Waals surface area (Å²) in [5.74, 6) is 0.234. The summed E-state index contributed by atoms with van der Waals surface area (Å²) in [5, 5.41) is 5.47. The van der Waals surface area contributed by atoms with Crippen LogP contribution >= 0.6 is 12.2 Å². The van der Waals surface area contributed by atoms with Gasteiger partial charge < -0.3 is 19.5 Å². The number of hydrogen-bond donors (Lipinski definition) is 2. The zero-order valence-corrected chi connectivity index (χ0v) is 14.6. The average Bonchev–Trinajstić information content (AvgIpc) is 2.76. The second-order valence-electron chi connectivity index (χ2n) is 5.94. The maximum absolute atomic E-state index is 11.7. The van der Waals surface area contributed by atoms with Crippen LogP contribution in [0.25, 0.3) is 6.08 Å². The molecule has 0 aromatic heterocycles. The molecule has 2 N–H and O–H groups in total. The minimum atomic E-state index is -0.825. The van der Waals surface area contributed by atoms with E-state index in [1.54, 1.807) is 45.0 Å². The Bertz CT molecular complexity index is 722. The number of methoxy groups -OCH3 is 1. The Morgan fingerprint density at radius 1 is 1.21 bits per heavy atom. The zero-order valence-electron chi connectivity index (χ0n) is 13.8. The molecule has 0 unspecified atom stereocenters. The number of amides is 1. The van der Waals surface area contributed by atoms with Gasteiger partial charge in [-0.25, -0.2) is 4.79 Å². The number of rotatable bonds is 3. The largest absolute Gasteiger partial charge is 0.514 e. The molecule has 0 radical (unpaired) electrons. The predicted octanol–water partition coefficient (Wildman–Crippen LogP) is 2.35. The number of hydrogen-bond acceptors (Lipinski definition) is 6. The van der Waals surface area contributed by atoms with Crippen molar-refractivity contribution in [3.05, 3.63) is 29.5 Å². The summed E-state index contributed by atoms with van der Waals surface area (Å²) in [7, 11) is 1.45. The average molecular weight is 350 g/mol. The van der Waals surface area contributed by atoms with Gasteiger partial charge in [-0.15, -0.1) is 0 Å². The van der Waals surface area contributed by atoms with Crippen LogP contribution in [0.5, 0.6) is 11.5 Å². The van der Waals surface area contributed by atoms with Gasteiger partial charge in [0.1, 0.15) is 11.3 Å². The number of carbonyl (C=O) groups excluding carboxylic acids is 2. The normalized spacial score (nSPS) is 15.8. The van der Waals surface area contributed by atoms with Gasteiger partial charge >= 0.3 is 6.16 Å². The van der Waals surface area contributed by atoms with Gasteiger partial charge in [0.25, 0.3) is 5.91 Å². The summed E-state index contributed by atoms with van der Waals surface area (Å²) in [6, 6.07) is 4.86. The Morgan fingerprint density at radius 3 is 2.46 bits per heavy atom. The maximum Gasteiger partial charge on any atom is 0.514 e. The standard InChI is InChI=1S/C16H18N2O5S/c1-16(2,3)23-15(20)22-11-6-5-9(8-12(11)21-4)7-10-13(19)18-14(24)17-10/h5-8H,1-4H3,(H2,17,18,19,24)/b10-7-. The van der Waals surface area contributed by atoms with Crippen LogP contribution in [-0.2, 0) is 9.53 Å². The van der Waals surface area contributed by atoms with Crippen LogP contribution in [0.3, 0.4) is 0 Å². The van der Waals surface area contributed by atoms with Crippen molar-refractivity contribution in [2.75, 3.05) is 7.11 Å². The van der Waals surface area contributed by atoms with E-state index in [1.807, 2.05) is 0 Å². The van der Waals surface area contributed by atoms with Crippen molar-refractivity contribution in [2.45, 2.75) is 26.4 Å². The van der Waals surface area contributed by atoms with Crippen LogP contribution in [0.1, 0.15) is 26.3 Å². The molecule has 7 nitrogen and oxygen atoms in total. The summed E-state index contributed by atoms with van der Waals surface area (Å²) in [5.41, 5.74) is 0.336. The third kappa shape index (κ3) is 4.69. The molecule has 0 bridgehead atoms. The highest BCUT2D eigenvalue weighted by molar-refractivity contribution is 7.80. The minimum Gasteiger partial charge on any atom is -0.493 e.